The molecule has 1 heterocycles. The summed E-state index contributed by atoms with van der Waals surface area (Å²) in [5.41, 5.74) is 1.74. The number of tetrazole rings is 1. The van der Waals surface area contributed by atoms with Crippen LogP contribution in [0.4, 0.5) is 0 Å². The van der Waals surface area contributed by atoms with Crippen LogP contribution in [0.15, 0.2) is 30.3 Å². The monoisotopic (exact) mass is 440 g/mol. The number of Topliss-reactive ketones (excluding diaryl/α,β-unsaturated/α-hetero) is 1. The molecule has 0 saturated heterocycles. The summed E-state index contributed by atoms with van der Waals surface area (Å²) in [5.74, 6) is 2.23. The molecule has 0 aliphatic rings. The number of ether oxygens (including phenoxy) is 3. The maximum atomic E-state index is 11.7. The number of aromatic amines is 1. The fraction of sp³-hybridized carbons (Fsp3) is 0.391. The lowest BCUT2D eigenvalue weighted by molar-refractivity contribution is 0.101. The van der Waals surface area contributed by atoms with E-state index in [1.54, 1.807) is 25.3 Å². The Hall–Kier alpha value is -3.62. The molecule has 9 nitrogen and oxygen atoms in total. The SMILES string of the molecule is CCCc1c(OCCCCOc2ccc(-c3nn[nH]n3)c(OC)c2)ccc(C(C)=O)c1O. The number of phenolic OH excluding ortho intramolecular Hbond substituents is 1. The third-order valence-electron chi connectivity index (χ3n) is 4.94. The lowest BCUT2D eigenvalue weighted by Crippen LogP contribution is -2.05. The van der Waals surface area contributed by atoms with Gasteiger partial charge in [0.2, 0.25) is 5.82 Å². The van der Waals surface area contributed by atoms with Gasteiger partial charge >= 0.3 is 0 Å². The van der Waals surface area contributed by atoms with E-state index >= 15 is 0 Å². The van der Waals surface area contributed by atoms with E-state index in [0.717, 1.165) is 24.8 Å². The van der Waals surface area contributed by atoms with Crippen molar-refractivity contribution in [3.05, 3.63) is 41.5 Å². The van der Waals surface area contributed by atoms with Gasteiger partial charge in [-0.05, 0) is 55.7 Å². The Kier molecular flexibility index (Phi) is 8.02. The summed E-state index contributed by atoms with van der Waals surface area (Å²) >= 11 is 0. The lowest BCUT2D eigenvalue weighted by Gasteiger charge is -2.15. The first-order chi connectivity index (χ1) is 15.5. The van der Waals surface area contributed by atoms with Crippen LogP contribution < -0.4 is 14.2 Å². The number of nitrogens with zero attached hydrogens (tertiary/aromatic N) is 3. The molecule has 32 heavy (non-hydrogen) atoms. The van der Waals surface area contributed by atoms with Gasteiger partial charge in [0.25, 0.3) is 0 Å². The van der Waals surface area contributed by atoms with Gasteiger partial charge < -0.3 is 19.3 Å². The summed E-state index contributed by atoms with van der Waals surface area (Å²) in [4.78, 5) is 11.7. The second-order valence-electron chi connectivity index (χ2n) is 7.25. The average Bonchev–Trinajstić information content (AvgIpc) is 3.32. The average molecular weight is 441 g/mol. The molecule has 0 radical (unpaired) electrons. The number of phenols is 1. The fourth-order valence-electron chi connectivity index (χ4n) is 3.33. The summed E-state index contributed by atoms with van der Waals surface area (Å²) in [6, 6.07) is 8.82. The molecule has 0 amide bonds. The maximum Gasteiger partial charge on any atom is 0.208 e. The zero-order valence-corrected chi connectivity index (χ0v) is 18.6. The van der Waals surface area contributed by atoms with Crippen molar-refractivity contribution in [1.29, 1.82) is 0 Å². The lowest BCUT2D eigenvalue weighted by atomic mass is 10.0. The number of benzene rings is 2. The van der Waals surface area contributed by atoms with Gasteiger partial charge in [0.05, 0.1) is 31.5 Å². The molecule has 0 fully saturated rings. The zero-order chi connectivity index (χ0) is 22.9. The molecule has 3 aromatic rings. The largest absolute Gasteiger partial charge is 0.507 e. The van der Waals surface area contributed by atoms with Gasteiger partial charge in [0, 0.05) is 11.6 Å². The molecule has 0 atom stereocenters. The molecule has 1 aromatic heterocycles. The fourth-order valence-corrected chi connectivity index (χ4v) is 3.33. The molecule has 9 heteroatoms. The van der Waals surface area contributed by atoms with Crippen LogP contribution in [0.5, 0.6) is 23.0 Å². The number of aromatic nitrogens is 4. The standard InChI is InChI=1S/C23H28N4O5/c1-4-7-18-20(11-10-17(15(2)28)22(18)29)32-13-6-5-12-31-16-8-9-19(21(14-16)30-3)23-24-26-27-25-23/h8-11,14,29H,4-7,12-13H2,1-3H3,(H,24,25,26,27). The predicted octanol–water partition coefficient (Wildman–Crippen LogP) is 3.97. The minimum atomic E-state index is -0.162. The number of carbonyl (C=O) groups excluding carboxylic acids is 1. The van der Waals surface area contributed by atoms with Crippen LogP contribution in [0.25, 0.3) is 11.4 Å². The van der Waals surface area contributed by atoms with Crippen molar-refractivity contribution in [3.63, 3.8) is 0 Å². The number of unbranched alkanes of at least 4 members (excludes halogenated alkanes) is 1. The molecule has 0 aliphatic carbocycles. The van der Waals surface area contributed by atoms with Gasteiger partial charge in [-0.3, -0.25) is 4.79 Å². The van der Waals surface area contributed by atoms with Crippen LogP contribution in [0, 0.1) is 0 Å². The van der Waals surface area contributed by atoms with Crippen molar-refractivity contribution < 1.29 is 24.1 Å². The third kappa shape index (κ3) is 5.54. The topological polar surface area (TPSA) is 119 Å². The number of hydrogen-bond donors (Lipinski definition) is 2. The number of ketones is 1. The Morgan fingerprint density at radius 2 is 1.88 bits per heavy atom. The first-order valence-electron chi connectivity index (χ1n) is 10.6. The quantitative estimate of drug-likeness (QED) is 0.321. The summed E-state index contributed by atoms with van der Waals surface area (Å²) in [6.07, 6.45) is 3.05. The van der Waals surface area contributed by atoms with Crippen molar-refractivity contribution in [2.75, 3.05) is 20.3 Å². The number of methoxy groups -OCH3 is 1. The highest BCUT2D eigenvalue weighted by molar-refractivity contribution is 5.97. The first-order valence-corrected chi connectivity index (χ1v) is 10.6. The van der Waals surface area contributed by atoms with E-state index in [1.165, 1.54) is 6.92 Å². The van der Waals surface area contributed by atoms with Gasteiger partial charge in [0.1, 0.15) is 23.0 Å². The van der Waals surface area contributed by atoms with Crippen LogP contribution in [-0.2, 0) is 6.42 Å². The van der Waals surface area contributed by atoms with E-state index in [9.17, 15) is 9.90 Å². The van der Waals surface area contributed by atoms with E-state index in [4.69, 9.17) is 14.2 Å². The van der Waals surface area contributed by atoms with Gasteiger partial charge in [-0.25, -0.2) is 0 Å². The number of rotatable bonds is 12. The highest BCUT2D eigenvalue weighted by atomic mass is 16.5. The molecule has 170 valence electrons. The molecule has 2 N–H and O–H groups in total. The highest BCUT2D eigenvalue weighted by Gasteiger charge is 2.16. The van der Waals surface area contributed by atoms with Crippen molar-refractivity contribution in [2.24, 2.45) is 0 Å². The number of nitrogens with one attached hydrogen (secondary N) is 1. The predicted molar refractivity (Wildman–Crippen MR) is 118 cm³/mol. The van der Waals surface area contributed by atoms with Crippen molar-refractivity contribution >= 4 is 5.78 Å². The van der Waals surface area contributed by atoms with Crippen molar-refractivity contribution in [3.8, 4) is 34.4 Å². The Morgan fingerprint density at radius 1 is 1.09 bits per heavy atom. The van der Waals surface area contributed by atoms with Crippen LogP contribution in [0.3, 0.4) is 0 Å². The van der Waals surface area contributed by atoms with Gasteiger partial charge in [-0.2, -0.15) is 5.21 Å². The normalized spacial score (nSPS) is 10.7. The van der Waals surface area contributed by atoms with Gasteiger partial charge in [-0.1, -0.05) is 13.3 Å². The van der Waals surface area contributed by atoms with E-state index in [0.29, 0.717) is 53.8 Å². The van der Waals surface area contributed by atoms with E-state index < -0.39 is 0 Å². The van der Waals surface area contributed by atoms with Crippen LogP contribution >= 0.6 is 0 Å². The summed E-state index contributed by atoms with van der Waals surface area (Å²) < 4.78 is 17.1. The molecule has 0 bridgehead atoms. The Bertz CT molecular complexity index is 1040. The van der Waals surface area contributed by atoms with Crippen molar-refractivity contribution in [1.82, 2.24) is 20.6 Å². The Labute approximate surface area is 186 Å². The first kappa shape index (κ1) is 23.1. The van der Waals surface area contributed by atoms with E-state index in [2.05, 4.69) is 20.6 Å². The van der Waals surface area contributed by atoms with Gasteiger partial charge in [-0.15, -0.1) is 10.2 Å². The van der Waals surface area contributed by atoms with E-state index in [-0.39, 0.29) is 11.5 Å². The highest BCUT2D eigenvalue weighted by Crippen LogP contribution is 2.33. The number of H-pyrrole nitrogens is 1. The minimum absolute atomic E-state index is 0.0263. The second kappa shape index (κ2) is 11.1. The maximum absolute atomic E-state index is 11.7. The molecular formula is C23H28N4O5. The summed E-state index contributed by atoms with van der Waals surface area (Å²) in [5, 5.41) is 24.3. The van der Waals surface area contributed by atoms with Crippen LogP contribution in [0.2, 0.25) is 0 Å². The molecule has 0 aliphatic heterocycles. The molecule has 0 unspecified atom stereocenters. The smallest absolute Gasteiger partial charge is 0.208 e. The molecular weight excluding hydrogens is 412 g/mol. The minimum Gasteiger partial charge on any atom is -0.507 e. The summed E-state index contributed by atoms with van der Waals surface area (Å²) in [7, 11) is 1.58. The molecule has 0 spiro atoms. The van der Waals surface area contributed by atoms with Crippen LogP contribution in [-0.4, -0.2) is 51.8 Å². The molecule has 3 rings (SSSR count). The Balaban J connectivity index is 1.49. The third-order valence-corrected chi connectivity index (χ3v) is 4.94. The van der Waals surface area contributed by atoms with Crippen LogP contribution in [0.1, 0.15) is 49.0 Å². The van der Waals surface area contributed by atoms with Crippen molar-refractivity contribution in [2.45, 2.75) is 39.5 Å². The van der Waals surface area contributed by atoms with Gasteiger partial charge in [0.15, 0.2) is 5.78 Å². The van der Waals surface area contributed by atoms with E-state index in [1.807, 2.05) is 19.1 Å². The zero-order valence-electron chi connectivity index (χ0n) is 18.6. The molecule has 2 aromatic carbocycles. The second-order valence-corrected chi connectivity index (χ2v) is 7.25. The summed E-state index contributed by atoms with van der Waals surface area (Å²) in [6.45, 7) is 4.47. The number of carbonyl (C=O) groups is 1. The number of hydrogen-bond acceptors (Lipinski definition) is 8. The molecule has 0 saturated carbocycles. The Morgan fingerprint density at radius 3 is 2.53 bits per heavy atom. The number of aromatic hydroxyl groups is 1.